The third-order valence-corrected chi connectivity index (χ3v) is 4.26. The number of benzene rings is 1. The number of hydrogen-bond donors (Lipinski definition) is 1. The molecule has 2 rings (SSSR count). The van der Waals surface area contributed by atoms with E-state index in [1.165, 1.54) is 25.8 Å². The lowest BCUT2D eigenvalue weighted by Gasteiger charge is -2.16. The van der Waals surface area contributed by atoms with E-state index in [2.05, 4.69) is 10.3 Å². The molecule has 0 aliphatic carbocycles. The average Bonchev–Trinajstić information content (AvgIpc) is 2.67. The van der Waals surface area contributed by atoms with E-state index >= 15 is 0 Å². The van der Waals surface area contributed by atoms with Gasteiger partial charge in [-0.3, -0.25) is 9.59 Å². The Kier molecular flexibility index (Phi) is 8.09. The normalized spacial score (nSPS) is 11.3. The second kappa shape index (κ2) is 10.5. The monoisotopic (exact) mass is 416 g/mol. The van der Waals surface area contributed by atoms with Crippen molar-refractivity contribution >= 4 is 29.1 Å². The number of rotatable bonds is 8. The quantitative estimate of drug-likeness (QED) is 0.519. The Bertz CT molecular complexity index is 883. The lowest BCUT2D eigenvalue weighted by molar-refractivity contribution is -0.146. The van der Waals surface area contributed by atoms with Crippen LogP contribution in [0.15, 0.2) is 36.5 Å². The highest BCUT2D eigenvalue weighted by Crippen LogP contribution is 2.29. The minimum atomic E-state index is -0.537. The Morgan fingerprint density at radius 2 is 1.90 bits per heavy atom. The molecule has 8 heteroatoms. The average molecular weight is 416 g/mol. The second-order valence-electron chi connectivity index (χ2n) is 6.46. The number of nitrogens with zero attached hydrogens (tertiary/aromatic N) is 1. The van der Waals surface area contributed by atoms with Gasteiger partial charge in [0.15, 0.2) is 5.75 Å². The van der Waals surface area contributed by atoms with E-state index in [9.17, 15) is 9.59 Å². The summed E-state index contributed by atoms with van der Waals surface area (Å²) < 4.78 is 15.8. The van der Waals surface area contributed by atoms with Gasteiger partial charge >= 0.3 is 11.9 Å². The molecule has 1 unspecified atom stereocenters. The molecule has 1 heterocycles. The van der Waals surface area contributed by atoms with E-state index < -0.39 is 11.9 Å². The van der Waals surface area contributed by atoms with E-state index in [0.717, 1.165) is 5.56 Å². The minimum Gasteiger partial charge on any atom is -0.493 e. The van der Waals surface area contributed by atoms with Crippen LogP contribution in [0.5, 0.6) is 11.5 Å². The highest BCUT2D eigenvalue weighted by Gasteiger charge is 2.19. The van der Waals surface area contributed by atoms with Gasteiger partial charge in [-0.15, -0.1) is 0 Å². The van der Waals surface area contributed by atoms with Crippen LogP contribution in [-0.4, -0.2) is 41.7 Å². The fourth-order valence-electron chi connectivity index (χ4n) is 2.60. The van der Waals surface area contributed by atoms with Crippen molar-refractivity contribution in [3.05, 3.63) is 53.3 Å². The number of hydrogen-bond acceptors (Lipinski definition) is 7. The standard InChI is InChI=1S/C21H24N2O5S/c1-13-5-7-16(8-6-13)11-14(2)27-18(25)12-23-21(29)19-20(28-15(3)24)17(26-4)9-10-22-19/h5-10,14H,11-12H2,1-4H3,(H,23,29). The number of carbonyl (C=O) groups is 2. The molecular formula is C21H24N2O5S. The topological polar surface area (TPSA) is 86.8 Å². The third kappa shape index (κ3) is 6.83. The fourth-order valence-corrected chi connectivity index (χ4v) is 2.81. The largest absolute Gasteiger partial charge is 0.493 e. The molecule has 0 saturated heterocycles. The predicted molar refractivity (Wildman–Crippen MR) is 112 cm³/mol. The first kappa shape index (κ1) is 22.3. The van der Waals surface area contributed by atoms with Crippen molar-refractivity contribution in [3.8, 4) is 11.5 Å². The van der Waals surface area contributed by atoms with Gasteiger partial charge in [0.05, 0.1) is 7.11 Å². The summed E-state index contributed by atoms with van der Waals surface area (Å²) in [5.41, 5.74) is 2.47. The maximum absolute atomic E-state index is 12.1. The first-order valence-corrected chi connectivity index (χ1v) is 9.45. The van der Waals surface area contributed by atoms with Crippen LogP contribution in [-0.2, 0) is 20.7 Å². The fraction of sp³-hybridized carbons (Fsp3) is 0.333. The number of esters is 2. The second-order valence-corrected chi connectivity index (χ2v) is 6.87. The van der Waals surface area contributed by atoms with Crippen LogP contribution < -0.4 is 14.8 Å². The van der Waals surface area contributed by atoms with Gasteiger partial charge < -0.3 is 19.5 Å². The van der Waals surface area contributed by atoms with Crippen LogP contribution in [0, 0.1) is 6.92 Å². The number of ether oxygens (including phenoxy) is 3. The summed E-state index contributed by atoms with van der Waals surface area (Å²) in [6.45, 7) is 4.97. The molecular weight excluding hydrogens is 392 g/mol. The van der Waals surface area contributed by atoms with E-state index in [1.54, 1.807) is 6.07 Å². The van der Waals surface area contributed by atoms with Crippen LogP contribution in [0.1, 0.15) is 30.7 Å². The highest BCUT2D eigenvalue weighted by atomic mass is 32.1. The number of aryl methyl sites for hydroxylation is 1. The van der Waals surface area contributed by atoms with Crippen LogP contribution in [0.3, 0.4) is 0 Å². The zero-order valence-corrected chi connectivity index (χ0v) is 17.7. The molecule has 0 spiro atoms. The maximum atomic E-state index is 12.1. The van der Waals surface area contributed by atoms with Crippen molar-refractivity contribution in [1.29, 1.82) is 0 Å². The number of methoxy groups -OCH3 is 1. The van der Waals surface area contributed by atoms with Crippen LogP contribution >= 0.6 is 12.2 Å². The molecule has 0 amide bonds. The van der Waals surface area contributed by atoms with Crippen LogP contribution in [0.4, 0.5) is 0 Å². The Labute approximate surface area is 175 Å². The van der Waals surface area contributed by atoms with Gasteiger partial charge in [0.2, 0.25) is 5.75 Å². The predicted octanol–water partition coefficient (Wildman–Crippen LogP) is 2.76. The number of pyridine rings is 1. The van der Waals surface area contributed by atoms with Crippen molar-refractivity contribution in [2.75, 3.05) is 13.7 Å². The molecule has 29 heavy (non-hydrogen) atoms. The molecule has 0 aliphatic heterocycles. The summed E-state index contributed by atoms with van der Waals surface area (Å²) in [6, 6.07) is 9.61. The number of nitrogens with one attached hydrogen (secondary N) is 1. The Morgan fingerprint density at radius 1 is 1.21 bits per heavy atom. The number of carbonyl (C=O) groups excluding carboxylic acids is 2. The van der Waals surface area contributed by atoms with Crippen molar-refractivity contribution in [2.45, 2.75) is 33.3 Å². The van der Waals surface area contributed by atoms with Gasteiger partial charge in [0.1, 0.15) is 23.3 Å². The van der Waals surface area contributed by atoms with E-state index in [0.29, 0.717) is 12.2 Å². The zero-order chi connectivity index (χ0) is 21.4. The molecule has 0 aliphatic rings. The summed E-state index contributed by atoms with van der Waals surface area (Å²) in [5, 5.41) is 2.79. The van der Waals surface area contributed by atoms with E-state index in [1.807, 2.05) is 38.1 Å². The first-order valence-electron chi connectivity index (χ1n) is 9.04. The molecule has 0 fully saturated rings. The summed E-state index contributed by atoms with van der Waals surface area (Å²) in [6.07, 6.45) is 1.80. The summed E-state index contributed by atoms with van der Waals surface area (Å²) in [5.74, 6) is -0.585. The molecule has 0 radical (unpaired) electrons. The van der Waals surface area contributed by atoms with Crippen LogP contribution in [0.2, 0.25) is 0 Å². The molecule has 0 saturated carbocycles. The van der Waals surface area contributed by atoms with Gasteiger partial charge in [-0.05, 0) is 19.4 Å². The highest BCUT2D eigenvalue weighted by molar-refractivity contribution is 7.80. The van der Waals surface area contributed by atoms with Gasteiger partial charge in [0, 0.05) is 25.6 Å². The lowest BCUT2D eigenvalue weighted by Crippen LogP contribution is -2.32. The maximum Gasteiger partial charge on any atom is 0.325 e. The molecule has 7 nitrogen and oxygen atoms in total. The Hall–Kier alpha value is -3.00. The first-order chi connectivity index (χ1) is 13.8. The smallest absolute Gasteiger partial charge is 0.325 e. The Balaban J connectivity index is 1.93. The molecule has 1 atom stereocenters. The minimum absolute atomic E-state index is 0.0982. The summed E-state index contributed by atoms with van der Waals surface area (Å²) >= 11 is 5.29. The SMILES string of the molecule is COc1ccnc(C(=S)NCC(=O)OC(C)Cc2ccc(C)cc2)c1OC(C)=O. The molecule has 1 aromatic heterocycles. The molecule has 2 aromatic rings. The van der Waals surface area contributed by atoms with E-state index in [4.69, 9.17) is 26.4 Å². The summed E-state index contributed by atoms with van der Waals surface area (Å²) in [7, 11) is 1.44. The number of aromatic nitrogens is 1. The summed E-state index contributed by atoms with van der Waals surface area (Å²) in [4.78, 5) is 27.8. The van der Waals surface area contributed by atoms with Gasteiger partial charge in [0.25, 0.3) is 0 Å². The van der Waals surface area contributed by atoms with Crippen LogP contribution in [0.25, 0.3) is 0 Å². The Morgan fingerprint density at radius 3 is 2.52 bits per heavy atom. The molecule has 0 bridgehead atoms. The van der Waals surface area contributed by atoms with Gasteiger partial charge in [-0.2, -0.15) is 0 Å². The lowest BCUT2D eigenvalue weighted by atomic mass is 10.1. The van der Waals surface area contributed by atoms with E-state index in [-0.39, 0.29) is 29.1 Å². The van der Waals surface area contributed by atoms with Crippen molar-refractivity contribution in [3.63, 3.8) is 0 Å². The van der Waals surface area contributed by atoms with Crippen molar-refractivity contribution < 1.29 is 23.8 Å². The van der Waals surface area contributed by atoms with Crippen molar-refractivity contribution in [1.82, 2.24) is 10.3 Å². The molecule has 1 N–H and O–H groups in total. The van der Waals surface area contributed by atoms with Crippen molar-refractivity contribution in [2.24, 2.45) is 0 Å². The molecule has 154 valence electrons. The number of thiocarbonyl (C=S) groups is 1. The van der Waals surface area contributed by atoms with Gasteiger partial charge in [-0.1, -0.05) is 42.0 Å². The zero-order valence-electron chi connectivity index (χ0n) is 16.9. The van der Waals surface area contributed by atoms with Gasteiger partial charge in [-0.25, -0.2) is 4.98 Å². The third-order valence-electron chi connectivity index (χ3n) is 3.92. The molecule has 1 aromatic carbocycles.